The minimum absolute atomic E-state index is 0.0792. The normalized spacial score (nSPS) is 16.0. The third-order valence-electron chi connectivity index (χ3n) is 3.98. The Labute approximate surface area is 127 Å². The lowest BCUT2D eigenvalue weighted by Crippen LogP contribution is -2.42. The molecule has 1 heterocycles. The topological polar surface area (TPSA) is 44.4 Å². The van der Waals surface area contributed by atoms with Gasteiger partial charge in [-0.1, -0.05) is 25.1 Å². The van der Waals surface area contributed by atoms with E-state index in [0.717, 1.165) is 32.6 Å². The number of para-hydroxylation sites is 1. The number of carbonyl (C=O) groups is 1. The molecule has 0 aliphatic carbocycles. The molecule has 0 radical (unpaired) electrons. The molecular weight excluding hydrogens is 262 g/mol. The summed E-state index contributed by atoms with van der Waals surface area (Å²) >= 11 is 0. The highest BCUT2D eigenvalue weighted by Gasteiger charge is 2.16. The van der Waals surface area contributed by atoms with Crippen LogP contribution in [0.2, 0.25) is 0 Å². The van der Waals surface area contributed by atoms with Gasteiger partial charge in [-0.2, -0.15) is 0 Å². The zero-order valence-corrected chi connectivity index (χ0v) is 13.2. The number of hydrogen-bond donors (Lipinski definition) is 2. The number of rotatable bonds is 7. The van der Waals surface area contributed by atoms with Gasteiger partial charge in [0.15, 0.2) is 0 Å². The maximum absolute atomic E-state index is 11.9. The maximum atomic E-state index is 11.9. The first-order valence-electron chi connectivity index (χ1n) is 8.06. The van der Waals surface area contributed by atoms with E-state index < -0.39 is 0 Å². The van der Waals surface area contributed by atoms with Crippen molar-refractivity contribution in [1.29, 1.82) is 0 Å². The van der Waals surface area contributed by atoms with E-state index in [2.05, 4.69) is 46.7 Å². The van der Waals surface area contributed by atoms with Gasteiger partial charge in [0.05, 0.1) is 6.04 Å². The van der Waals surface area contributed by atoms with E-state index in [1.165, 1.54) is 24.1 Å². The van der Waals surface area contributed by atoms with Gasteiger partial charge in [0.25, 0.3) is 0 Å². The van der Waals surface area contributed by atoms with Crippen molar-refractivity contribution < 1.29 is 4.79 Å². The van der Waals surface area contributed by atoms with Crippen LogP contribution in [0.5, 0.6) is 0 Å². The molecule has 0 bridgehead atoms. The second-order valence-corrected chi connectivity index (χ2v) is 5.72. The van der Waals surface area contributed by atoms with Crippen LogP contribution in [0.4, 0.5) is 5.69 Å². The van der Waals surface area contributed by atoms with E-state index in [4.69, 9.17) is 0 Å². The predicted octanol–water partition coefficient (Wildman–Crippen LogP) is 2.29. The minimum atomic E-state index is -0.164. The van der Waals surface area contributed by atoms with Crippen molar-refractivity contribution in [3.05, 3.63) is 29.8 Å². The van der Waals surface area contributed by atoms with Gasteiger partial charge < -0.3 is 15.5 Å². The Morgan fingerprint density at radius 1 is 1.29 bits per heavy atom. The summed E-state index contributed by atoms with van der Waals surface area (Å²) in [5, 5.41) is 6.26. The van der Waals surface area contributed by atoms with Crippen molar-refractivity contribution >= 4 is 11.6 Å². The molecule has 0 aromatic heterocycles. The second kappa shape index (κ2) is 8.03. The molecule has 4 heteroatoms. The van der Waals surface area contributed by atoms with Crippen LogP contribution in [0, 0.1) is 0 Å². The summed E-state index contributed by atoms with van der Waals surface area (Å²) in [4.78, 5) is 14.3. The van der Waals surface area contributed by atoms with E-state index in [-0.39, 0.29) is 11.9 Å². The summed E-state index contributed by atoms with van der Waals surface area (Å²) in [5.74, 6) is 0.0792. The Morgan fingerprint density at radius 3 is 2.71 bits per heavy atom. The Hall–Kier alpha value is -1.55. The summed E-state index contributed by atoms with van der Waals surface area (Å²) < 4.78 is 0. The first kappa shape index (κ1) is 15.8. The van der Waals surface area contributed by atoms with Crippen LogP contribution in [0.15, 0.2) is 24.3 Å². The predicted molar refractivity (Wildman–Crippen MR) is 87.5 cm³/mol. The SMILES string of the molecule is CCCNC(=O)C(C)NCc1ccccc1N1CCCC1. The molecule has 1 aromatic carbocycles. The van der Waals surface area contributed by atoms with Crippen molar-refractivity contribution in [2.75, 3.05) is 24.5 Å². The highest BCUT2D eigenvalue weighted by molar-refractivity contribution is 5.81. The fraction of sp³-hybridized carbons (Fsp3) is 0.588. The Morgan fingerprint density at radius 2 is 2.00 bits per heavy atom. The van der Waals surface area contributed by atoms with Gasteiger partial charge in [0.1, 0.15) is 0 Å². The largest absolute Gasteiger partial charge is 0.371 e. The fourth-order valence-corrected chi connectivity index (χ4v) is 2.68. The molecule has 1 aliphatic rings. The number of amides is 1. The van der Waals surface area contributed by atoms with Crippen molar-refractivity contribution in [1.82, 2.24) is 10.6 Å². The van der Waals surface area contributed by atoms with E-state index in [1.807, 2.05) is 6.92 Å². The Kier molecular flexibility index (Phi) is 6.05. The van der Waals surface area contributed by atoms with Gasteiger partial charge in [-0.25, -0.2) is 0 Å². The molecule has 1 unspecified atom stereocenters. The van der Waals surface area contributed by atoms with Gasteiger partial charge in [-0.15, -0.1) is 0 Å². The minimum Gasteiger partial charge on any atom is -0.371 e. The van der Waals surface area contributed by atoms with Gasteiger partial charge in [0.2, 0.25) is 5.91 Å². The van der Waals surface area contributed by atoms with Crippen LogP contribution in [-0.2, 0) is 11.3 Å². The number of hydrogen-bond acceptors (Lipinski definition) is 3. The van der Waals surface area contributed by atoms with Gasteiger partial charge in [-0.3, -0.25) is 4.79 Å². The molecule has 0 saturated carbocycles. The van der Waals surface area contributed by atoms with Crippen LogP contribution >= 0.6 is 0 Å². The highest BCUT2D eigenvalue weighted by atomic mass is 16.2. The zero-order chi connectivity index (χ0) is 15.1. The van der Waals surface area contributed by atoms with Crippen LogP contribution in [-0.4, -0.2) is 31.6 Å². The zero-order valence-electron chi connectivity index (χ0n) is 13.2. The third-order valence-corrected chi connectivity index (χ3v) is 3.98. The molecule has 1 saturated heterocycles. The summed E-state index contributed by atoms with van der Waals surface area (Å²) in [5.41, 5.74) is 2.58. The van der Waals surface area contributed by atoms with Crippen LogP contribution in [0.3, 0.4) is 0 Å². The van der Waals surface area contributed by atoms with Crippen LogP contribution in [0.1, 0.15) is 38.7 Å². The lowest BCUT2D eigenvalue weighted by atomic mass is 10.1. The molecule has 1 fully saturated rings. The number of nitrogens with zero attached hydrogens (tertiary/aromatic N) is 1. The number of carbonyl (C=O) groups excluding carboxylic acids is 1. The lowest BCUT2D eigenvalue weighted by Gasteiger charge is -2.22. The average molecular weight is 289 g/mol. The molecule has 1 atom stereocenters. The molecule has 21 heavy (non-hydrogen) atoms. The first-order chi connectivity index (χ1) is 10.2. The molecule has 0 spiro atoms. The smallest absolute Gasteiger partial charge is 0.236 e. The van der Waals surface area contributed by atoms with Crippen molar-refractivity contribution in [2.45, 2.75) is 45.7 Å². The molecule has 1 aliphatic heterocycles. The quantitative estimate of drug-likeness (QED) is 0.809. The highest BCUT2D eigenvalue weighted by Crippen LogP contribution is 2.24. The molecule has 2 N–H and O–H groups in total. The average Bonchev–Trinajstić information content (AvgIpc) is 3.04. The van der Waals surface area contributed by atoms with Crippen molar-refractivity contribution in [3.8, 4) is 0 Å². The van der Waals surface area contributed by atoms with Crippen LogP contribution in [0.25, 0.3) is 0 Å². The summed E-state index contributed by atoms with van der Waals surface area (Å²) in [7, 11) is 0. The monoisotopic (exact) mass is 289 g/mol. The molecule has 1 amide bonds. The molecule has 1 aromatic rings. The van der Waals surface area contributed by atoms with Crippen molar-refractivity contribution in [3.63, 3.8) is 0 Å². The Balaban J connectivity index is 1.92. The summed E-state index contributed by atoms with van der Waals surface area (Å²) in [6.07, 6.45) is 3.52. The van der Waals surface area contributed by atoms with Crippen molar-refractivity contribution in [2.24, 2.45) is 0 Å². The molecule has 2 rings (SSSR count). The number of anilines is 1. The lowest BCUT2D eigenvalue weighted by molar-refractivity contribution is -0.122. The number of benzene rings is 1. The second-order valence-electron chi connectivity index (χ2n) is 5.72. The maximum Gasteiger partial charge on any atom is 0.236 e. The van der Waals surface area contributed by atoms with Crippen LogP contribution < -0.4 is 15.5 Å². The van der Waals surface area contributed by atoms with E-state index in [1.54, 1.807) is 0 Å². The molecule has 4 nitrogen and oxygen atoms in total. The standard InChI is InChI=1S/C17H27N3O/c1-3-10-18-17(21)14(2)19-13-15-8-4-5-9-16(15)20-11-6-7-12-20/h4-5,8-9,14,19H,3,6-7,10-13H2,1-2H3,(H,18,21). The first-order valence-corrected chi connectivity index (χ1v) is 8.06. The molecule has 116 valence electrons. The van der Waals surface area contributed by atoms with Gasteiger partial charge >= 0.3 is 0 Å². The van der Waals surface area contributed by atoms with Gasteiger partial charge in [-0.05, 0) is 37.8 Å². The van der Waals surface area contributed by atoms with E-state index >= 15 is 0 Å². The third kappa shape index (κ3) is 4.46. The summed E-state index contributed by atoms with van der Waals surface area (Å²) in [6.45, 7) is 7.74. The van der Waals surface area contributed by atoms with Gasteiger partial charge in [0, 0.05) is 31.9 Å². The summed E-state index contributed by atoms with van der Waals surface area (Å²) in [6, 6.07) is 8.33. The van der Waals surface area contributed by atoms with E-state index in [9.17, 15) is 4.79 Å². The Bertz CT molecular complexity index is 455. The molecular formula is C17H27N3O. The number of nitrogens with one attached hydrogen (secondary N) is 2. The fourth-order valence-electron chi connectivity index (χ4n) is 2.68. The van der Waals surface area contributed by atoms with E-state index in [0.29, 0.717) is 0 Å².